The first kappa shape index (κ1) is 13.3. The Hall–Kier alpha value is -2.10. The van der Waals surface area contributed by atoms with Crippen LogP contribution in [-0.4, -0.2) is 46.4 Å². The Bertz CT molecular complexity index is 579. The summed E-state index contributed by atoms with van der Waals surface area (Å²) >= 11 is 1.06. The van der Waals surface area contributed by atoms with Crippen molar-refractivity contribution in [1.29, 1.82) is 0 Å². The summed E-state index contributed by atoms with van der Waals surface area (Å²) in [5.41, 5.74) is 5.73. The Kier molecular flexibility index (Phi) is 4.00. The second-order valence-corrected chi connectivity index (χ2v) is 4.59. The molecule has 0 aliphatic heterocycles. The zero-order chi connectivity index (χ0) is 13.8. The molecule has 0 unspecified atom stereocenters. The highest BCUT2D eigenvalue weighted by atomic mass is 32.2. The zero-order valence-electron chi connectivity index (χ0n) is 10.2. The highest BCUT2D eigenvalue weighted by Gasteiger charge is 2.14. The monoisotopic (exact) mass is 283 g/mol. The largest absolute Gasteiger partial charge is 0.481 e. The van der Waals surface area contributed by atoms with Crippen LogP contribution in [0.5, 0.6) is 0 Å². The van der Waals surface area contributed by atoms with E-state index >= 15 is 0 Å². The first-order valence-corrected chi connectivity index (χ1v) is 6.50. The van der Waals surface area contributed by atoms with E-state index in [0.717, 1.165) is 18.3 Å². The van der Waals surface area contributed by atoms with Crippen LogP contribution in [0.25, 0.3) is 0 Å². The maximum atomic E-state index is 10.6. The molecule has 0 aromatic carbocycles. The number of nitrogens with zero attached hydrogens (tertiary/aromatic N) is 6. The molecule has 0 saturated heterocycles. The Balaban J connectivity index is 2.19. The van der Waals surface area contributed by atoms with Gasteiger partial charge in [-0.1, -0.05) is 11.8 Å². The van der Waals surface area contributed by atoms with Gasteiger partial charge in [0.15, 0.2) is 11.0 Å². The van der Waals surface area contributed by atoms with Gasteiger partial charge >= 0.3 is 5.97 Å². The van der Waals surface area contributed by atoms with Crippen molar-refractivity contribution < 1.29 is 9.90 Å². The minimum Gasteiger partial charge on any atom is -0.481 e. The number of carbonyl (C=O) groups is 1. The van der Waals surface area contributed by atoms with Crippen LogP contribution in [0, 0.1) is 0 Å². The van der Waals surface area contributed by atoms with Gasteiger partial charge in [0.25, 0.3) is 0 Å². The van der Waals surface area contributed by atoms with E-state index < -0.39 is 5.97 Å². The molecular weight excluding hydrogens is 270 g/mol. The Morgan fingerprint density at radius 3 is 2.95 bits per heavy atom. The first-order valence-electron chi connectivity index (χ1n) is 5.51. The fraction of sp³-hybridized carbons (Fsp3) is 0.444. The predicted molar refractivity (Wildman–Crippen MR) is 67.6 cm³/mol. The number of rotatable bonds is 6. The number of aromatic nitrogens is 6. The highest BCUT2D eigenvalue weighted by molar-refractivity contribution is 7.99. The van der Waals surface area contributed by atoms with Crippen LogP contribution < -0.4 is 5.73 Å². The molecule has 0 bridgehead atoms. The summed E-state index contributed by atoms with van der Waals surface area (Å²) in [6.45, 7) is 3.07. The van der Waals surface area contributed by atoms with Crippen molar-refractivity contribution in [3.05, 3.63) is 12.2 Å². The van der Waals surface area contributed by atoms with Crippen molar-refractivity contribution in [3.8, 4) is 0 Å². The van der Waals surface area contributed by atoms with Gasteiger partial charge in [0.05, 0.1) is 12.3 Å². The lowest BCUT2D eigenvalue weighted by Crippen LogP contribution is -2.11. The molecule has 19 heavy (non-hydrogen) atoms. The van der Waals surface area contributed by atoms with Gasteiger partial charge in [0.1, 0.15) is 6.33 Å². The van der Waals surface area contributed by atoms with Crippen LogP contribution >= 0.6 is 11.8 Å². The molecule has 3 N–H and O–H groups in total. The van der Waals surface area contributed by atoms with E-state index in [-0.39, 0.29) is 11.7 Å². The lowest BCUT2D eigenvalue weighted by Gasteiger charge is -2.07. The normalized spacial score (nSPS) is 10.8. The van der Waals surface area contributed by atoms with Crippen molar-refractivity contribution in [1.82, 2.24) is 29.5 Å². The number of hydrogen-bond donors (Lipinski definition) is 2. The number of nitrogens with two attached hydrogens (primary N) is 1. The van der Waals surface area contributed by atoms with E-state index in [1.807, 2.05) is 11.5 Å². The predicted octanol–water partition coefficient (Wildman–Crippen LogP) is -0.303. The van der Waals surface area contributed by atoms with Gasteiger partial charge in [-0.3, -0.25) is 9.36 Å². The van der Waals surface area contributed by atoms with Gasteiger partial charge in [0, 0.05) is 6.54 Å². The van der Waals surface area contributed by atoms with Gasteiger partial charge in [0.2, 0.25) is 5.95 Å². The number of anilines is 1. The van der Waals surface area contributed by atoms with E-state index in [4.69, 9.17) is 10.8 Å². The quantitative estimate of drug-likeness (QED) is 0.692. The lowest BCUT2D eigenvalue weighted by atomic mass is 10.5. The Labute approximate surface area is 112 Å². The summed E-state index contributed by atoms with van der Waals surface area (Å²) in [5, 5.41) is 24.5. The molecule has 0 atom stereocenters. The molecule has 0 amide bonds. The molecule has 0 aliphatic rings. The standard InChI is InChI=1S/C9H13N7O2S/c1-2-15-5-11-12-6(15)3-16-8(10)13-14-9(16)19-4-7(17)18/h5H,2-4H2,1H3,(H2,10,13)(H,17,18). The van der Waals surface area contributed by atoms with E-state index in [2.05, 4.69) is 20.4 Å². The average molecular weight is 283 g/mol. The summed E-state index contributed by atoms with van der Waals surface area (Å²) in [5.74, 6) is -0.0851. The number of nitrogen functional groups attached to an aromatic ring is 1. The third-order valence-electron chi connectivity index (χ3n) is 2.41. The molecule has 0 spiro atoms. The van der Waals surface area contributed by atoms with E-state index in [0.29, 0.717) is 17.5 Å². The smallest absolute Gasteiger partial charge is 0.313 e. The third kappa shape index (κ3) is 3.02. The minimum atomic E-state index is -0.921. The lowest BCUT2D eigenvalue weighted by molar-refractivity contribution is -0.133. The molecule has 9 nitrogen and oxygen atoms in total. The summed E-state index contributed by atoms with van der Waals surface area (Å²) in [7, 11) is 0. The maximum Gasteiger partial charge on any atom is 0.313 e. The third-order valence-corrected chi connectivity index (χ3v) is 3.36. The van der Waals surface area contributed by atoms with Crippen LogP contribution in [0.4, 0.5) is 5.95 Å². The van der Waals surface area contributed by atoms with Gasteiger partial charge in [-0.05, 0) is 6.92 Å². The molecule has 2 heterocycles. The molecule has 0 saturated carbocycles. The molecule has 2 aromatic rings. The average Bonchev–Trinajstić information content (AvgIpc) is 2.96. The molecule has 2 rings (SSSR count). The van der Waals surface area contributed by atoms with Crippen LogP contribution in [0.1, 0.15) is 12.7 Å². The number of carboxylic acid groups (broad SMARTS) is 1. The Morgan fingerprint density at radius 2 is 2.26 bits per heavy atom. The van der Waals surface area contributed by atoms with Crippen LogP contribution in [0.15, 0.2) is 11.5 Å². The molecule has 2 aromatic heterocycles. The molecular formula is C9H13N7O2S. The van der Waals surface area contributed by atoms with Crippen LogP contribution in [0.2, 0.25) is 0 Å². The summed E-state index contributed by atoms with van der Waals surface area (Å²) < 4.78 is 3.48. The van der Waals surface area contributed by atoms with Crippen molar-refractivity contribution in [2.24, 2.45) is 0 Å². The van der Waals surface area contributed by atoms with Crippen LogP contribution in [0.3, 0.4) is 0 Å². The molecule has 102 valence electrons. The number of thioether (sulfide) groups is 1. The van der Waals surface area contributed by atoms with Crippen molar-refractivity contribution >= 4 is 23.7 Å². The summed E-state index contributed by atoms with van der Waals surface area (Å²) in [4.78, 5) is 10.6. The number of aryl methyl sites for hydroxylation is 1. The van der Waals surface area contributed by atoms with Gasteiger partial charge < -0.3 is 15.4 Å². The molecule has 0 fully saturated rings. The van der Waals surface area contributed by atoms with Crippen LogP contribution in [-0.2, 0) is 17.9 Å². The van der Waals surface area contributed by atoms with E-state index in [1.165, 1.54) is 0 Å². The fourth-order valence-electron chi connectivity index (χ4n) is 1.49. The van der Waals surface area contributed by atoms with Gasteiger partial charge in [-0.15, -0.1) is 20.4 Å². The van der Waals surface area contributed by atoms with Crippen molar-refractivity contribution in [2.75, 3.05) is 11.5 Å². The second kappa shape index (κ2) is 5.69. The summed E-state index contributed by atoms with van der Waals surface area (Å²) in [6.07, 6.45) is 1.62. The first-order chi connectivity index (χ1) is 9.11. The van der Waals surface area contributed by atoms with Crippen molar-refractivity contribution in [2.45, 2.75) is 25.2 Å². The number of hydrogen-bond acceptors (Lipinski definition) is 7. The molecule has 10 heteroatoms. The highest BCUT2D eigenvalue weighted by Crippen LogP contribution is 2.18. The van der Waals surface area contributed by atoms with Gasteiger partial charge in [-0.2, -0.15) is 0 Å². The summed E-state index contributed by atoms with van der Waals surface area (Å²) in [6, 6.07) is 0. The number of carboxylic acids is 1. The minimum absolute atomic E-state index is 0.0986. The Morgan fingerprint density at radius 1 is 1.47 bits per heavy atom. The van der Waals surface area contributed by atoms with E-state index in [1.54, 1.807) is 10.9 Å². The second-order valence-electron chi connectivity index (χ2n) is 3.64. The van der Waals surface area contributed by atoms with Gasteiger partial charge in [-0.25, -0.2) is 0 Å². The zero-order valence-corrected chi connectivity index (χ0v) is 11.0. The van der Waals surface area contributed by atoms with Crippen molar-refractivity contribution in [3.63, 3.8) is 0 Å². The topological polar surface area (TPSA) is 125 Å². The maximum absolute atomic E-state index is 10.6. The molecule has 0 aliphatic carbocycles. The fourth-order valence-corrected chi connectivity index (χ4v) is 2.15. The van der Waals surface area contributed by atoms with E-state index in [9.17, 15) is 4.79 Å². The molecule has 0 radical (unpaired) electrons. The number of aliphatic carboxylic acids is 1. The SMILES string of the molecule is CCn1cnnc1Cn1c(N)nnc1SCC(=O)O.